The summed E-state index contributed by atoms with van der Waals surface area (Å²) in [6, 6.07) is 0. The first-order valence-electron chi connectivity index (χ1n) is 8.08. The average Bonchev–Trinajstić information content (AvgIpc) is 3.22. The molecule has 0 aromatic carbocycles. The standard InChI is InChI=1S/C16H23N3O3/c1-18-11-12(10-17-18)13-9-14(13)16(21)22-8-7-19-6-4-2-3-5-15(19)20/h10-11,13-14H,2-9H2,1H3/t13-,14-/m1/s1. The van der Waals surface area contributed by atoms with Gasteiger partial charge in [-0.15, -0.1) is 0 Å². The van der Waals surface area contributed by atoms with Gasteiger partial charge >= 0.3 is 5.97 Å². The summed E-state index contributed by atoms with van der Waals surface area (Å²) in [6.07, 6.45) is 8.36. The second kappa shape index (κ2) is 6.50. The molecule has 1 aromatic heterocycles. The summed E-state index contributed by atoms with van der Waals surface area (Å²) < 4.78 is 7.11. The van der Waals surface area contributed by atoms with Gasteiger partial charge in [0, 0.05) is 32.1 Å². The molecular formula is C16H23N3O3. The van der Waals surface area contributed by atoms with Crippen molar-refractivity contribution in [1.29, 1.82) is 0 Å². The largest absolute Gasteiger partial charge is 0.464 e. The second-order valence-corrected chi connectivity index (χ2v) is 6.25. The Hall–Kier alpha value is -1.85. The SMILES string of the molecule is Cn1cc([C@H]2C[C@H]2C(=O)OCCN2CCCCCC2=O)cn1. The van der Waals surface area contributed by atoms with Gasteiger partial charge < -0.3 is 9.64 Å². The van der Waals surface area contributed by atoms with Crippen LogP contribution < -0.4 is 0 Å². The van der Waals surface area contributed by atoms with E-state index >= 15 is 0 Å². The summed E-state index contributed by atoms with van der Waals surface area (Å²) in [5.41, 5.74) is 1.10. The maximum Gasteiger partial charge on any atom is 0.309 e. The van der Waals surface area contributed by atoms with Gasteiger partial charge in [0.1, 0.15) is 6.61 Å². The molecule has 0 unspecified atom stereocenters. The van der Waals surface area contributed by atoms with Crippen LogP contribution >= 0.6 is 0 Å². The number of rotatable bonds is 5. The Bertz CT molecular complexity index is 555. The summed E-state index contributed by atoms with van der Waals surface area (Å²) >= 11 is 0. The first-order chi connectivity index (χ1) is 10.6. The number of hydrogen-bond acceptors (Lipinski definition) is 4. The van der Waals surface area contributed by atoms with Crippen LogP contribution in [0.25, 0.3) is 0 Å². The zero-order chi connectivity index (χ0) is 15.5. The molecule has 6 heteroatoms. The predicted molar refractivity (Wildman–Crippen MR) is 80.1 cm³/mol. The molecule has 3 rings (SSSR count). The zero-order valence-electron chi connectivity index (χ0n) is 13.0. The summed E-state index contributed by atoms with van der Waals surface area (Å²) in [5, 5.41) is 4.13. The molecule has 0 bridgehead atoms. The Morgan fingerprint density at radius 2 is 2.27 bits per heavy atom. The van der Waals surface area contributed by atoms with Crippen LogP contribution in [0.3, 0.4) is 0 Å². The van der Waals surface area contributed by atoms with Gasteiger partial charge in [-0.3, -0.25) is 14.3 Å². The third kappa shape index (κ3) is 3.48. The van der Waals surface area contributed by atoms with E-state index in [0.29, 0.717) is 19.6 Å². The van der Waals surface area contributed by atoms with Crippen molar-refractivity contribution in [2.24, 2.45) is 13.0 Å². The number of aromatic nitrogens is 2. The van der Waals surface area contributed by atoms with E-state index in [9.17, 15) is 9.59 Å². The van der Waals surface area contributed by atoms with Crippen molar-refractivity contribution in [3.63, 3.8) is 0 Å². The van der Waals surface area contributed by atoms with Crippen LogP contribution in [0.1, 0.15) is 43.6 Å². The van der Waals surface area contributed by atoms with Gasteiger partial charge in [-0.05, 0) is 24.8 Å². The molecule has 1 amide bonds. The second-order valence-electron chi connectivity index (χ2n) is 6.25. The van der Waals surface area contributed by atoms with Crippen molar-refractivity contribution in [2.45, 2.75) is 38.0 Å². The van der Waals surface area contributed by atoms with E-state index in [1.54, 1.807) is 4.68 Å². The highest BCUT2D eigenvalue weighted by atomic mass is 16.5. The summed E-state index contributed by atoms with van der Waals surface area (Å²) in [6.45, 7) is 1.62. The fourth-order valence-corrected chi connectivity index (χ4v) is 3.09. The molecule has 1 aliphatic carbocycles. The Labute approximate surface area is 130 Å². The van der Waals surface area contributed by atoms with Crippen molar-refractivity contribution in [3.8, 4) is 0 Å². The number of carbonyl (C=O) groups excluding carboxylic acids is 2. The van der Waals surface area contributed by atoms with E-state index in [2.05, 4.69) is 5.10 Å². The van der Waals surface area contributed by atoms with Crippen LogP contribution in [0.4, 0.5) is 0 Å². The van der Waals surface area contributed by atoms with Gasteiger partial charge in [0.15, 0.2) is 0 Å². The van der Waals surface area contributed by atoms with Crippen molar-refractivity contribution < 1.29 is 14.3 Å². The van der Waals surface area contributed by atoms with Crippen LogP contribution in [0.15, 0.2) is 12.4 Å². The average molecular weight is 305 g/mol. The number of aryl methyl sites for hydroxylation is 1. The van der Waals surface area contributed by atoms with Crippen molar-refractivity contribution >= 4 is 11.9 Å². The van der Waals surface area contributed by atoms with E-state index in [1.807, 2.05) is 24.3 Å². The first-order valence-corrected chi connectivity index (χ1v) is 8.08. The Morgan fingerprint density at radius 3 is 3.05 bits per heavy atom. The molecule has 0 radical (unpaired) electrons. The van der Waals surface area contributed by atoms with Gasteiger partial charge in [0.05, 0.1) is 18.7 Å². The van der Waals surface area contributed by atoms with E-state index in [-0.39, 0.29) is 23.7 Å². The maximum atomic E-state index is 12.0. The van der Waals surface area contributed by atoms with E-state index in [1.165, 1.54) is 0 Å². The lowest BCUT2D eigenvalue weighted by molar-refractivity contribution is -0.147. The highest BCUT2D eigenvalue weighted by Crippen LogP contribution is 2.47. The molecule has 1 saturated heterocycles. The lowest BCUT2D eigenvalue weighted by atomic mass is 10.2. The molecule has 6 nitrogen and oxygen atoms in total. The molecule has 0 spiro atoms. The molecule has 1 aliphatic heterocycles. The van der Waals surface area contributed by atoms with E-state index < -0.39 is 0 Å². The lowest BCUT2D eigenvalue weighted by Crippen LogP contribution is -2.34. The minimum Gasteiger partial charge on any atom is -0.464 e. The smallest absolute Gasteiger partial charge is 0.309 e. The minimum absolute atomic E-state index is 0.0379. The Kier molecular flexibility index (Phi) is 4.45. The third-order valence-electron chi connectivity index (χ3n) is 4.52. The number of hydrogen-bond donors (Lipinski definition) is 0. The molecule has 1 aromatic rings. The minimum atomic E-state index is -0.142. The molecule has 2 heterocycles. The van der Waals surface area contributed by atoms with Crippen LogP contribution in [0, 0.1) is 5.92 Å². The Balaban J connectivity index is 1.41. The molecule has 2 fully saturated rings. The van der Waals surface area contributed by atoms with Crippen LogP contribution in [-0.2, 0) is 21.4 Å². The summed E-state index contributed by atoms with van der Waals surface area (Å²) in [7, 11) is 1.87. The number of nitrogens with zero attached hydrogens (tertiary/aromatic N) is 3. The molecule has 2 atom stereocenters. The number of carbonyl (C=O) groups is 2. The van der Waals surface area contributed by atoms with E-state index in [0.717, 1.165) is 37.8 Å². The highest BCUT2D eigenvalue weighted by molar-refractivity contribution is 5.78. The fraction of sp³-hybridized carbons (Fsp3) is 0.688. The maximum absolute atomic E-state index is 12.0. The van der Waals surface area contributed by atoms with Crippen molar-refractivity contribution in [2.75, 3.05) is 19.7 Å². The number of likely N-dealkylation sites (tertiary alicyclic amines) is 1. The normalized spacial score (nSPS) is 25.0. The van der Waals surface area contributed by atoms with Crippen molar-refractivity contribution in [1.82, 2.24) is 14.7 Å². The predicted octanol–water partition coefficient (Wildman–Crippen LogP) is 1.47. The lowest BCUT2D eigenvalue weighted by Gasteiger charge is -2.20. The highest BCUT2D eigenvalue weighted by Gasteiger charge is 2.45. The summed E-state index contributed by atoms with van der Waals surface area (Å²) in [5.74, 6) is 0.259. The molecular weight excluding hydrogens is 282 g/mol. The zero-order valence-corrected chi connectivity index (χ0v) is 13.0. The van der Waals surface area contributed by atoms with Gasteiger partial charge in [0.2, 0.25) is 5.91 Å². The first kappa shape index (κ1) is 15.1. The van der Waals surface area contributed by atoms with Gasteiger partial charge in [0.25, 0.3) is 0 Å². The molecule has 2 aliphatic rings. The Morgan fingerprint density at radius 1 is 1.41 bits per heavy atom. The molecule has 120 valence electrons. The van der Waals surface area contributed by atoms with E-state index in [4.69, 9.17) is 4.74 Å². The topological polar surface area (TPSA) is 64.4 Å². The van der Waals surface area contributed by atoms with Crippen LogP contribution in [0.2, 0.25) is 0 Å². The van der Waals surface area contributed by atoms with Crippen LogP contribution in [0.5, 0.6) is 0 Å². The molecule has 0 N–H and O–H groups in total. The number of amides is 1. The third-order valence-corrected chi connectivity index (χ3v) is 4.52. The van der Waals surface area contributed by atoms with Gasteiger partial charge in [-0.1, -0.05) is 6.42 Å². The monoisotopic (exact) mass is 305 g/mol. The quantitative estimate of drug-likeness (QED) is 0.773. The summed E-state index contributed by atoms with van der Waals surface area (Å²) in [4.78, 5) is 25.7. The number of esters is 1. The molecule has 22 heavy (non-hydrogen) atoms. The van der Waals surface area contributed by atoms with Crippen LogP contribution in [-0.4, -0.2) is 46.3 Å². The molecule has 1 saturated carbocycles. The van der Waals surface area contributed by atoms with Gasteiger partial charge in [-0.2, -0.15) is 5.10 Å². The van der Waals surface area contributed by atoms with Gasteiger partial charge in [-0.25, -0.2) is 0 Å². The van der Waals surface area contributed by atoms with Crippen molar-refractivity contribution in [3.05, 3.63) is 18.0 Å². The fourth-order valence-electron chi connectivity index (χ4n) is 3.09. The number of ether oxygens (including phenoxy) is 1.